The van der Waals surface area contributed by atoms with E-state index in [9.17, 15) is 0 Å². The first kappa shape index (κ1) is 27.3. The van der Waals surface area contributed by atoms with E-state index in [1.54, 1.807) is 14.2 Å². The van der Waals surface area contributed by atoms with Crippen molar-refractivity contribution >= 4 is 22.2 Å². The number of nitrogens with zero attached hydrogens (tertiary/aromatic N) is 5. The summed E-state index contributed by atoms with van der Waals surface area (Å²) >= 11 is 0. The van der Waals surface area contributed by atoms with Gasteiger partial charge in [0.1, 0.15) is 22.5 Å². The molecule has 218 valence electrons. The summed E-state index contributed by atoms with van der Waals surface area (Å²) in [7, 11) is 3.22. The normalized spacial score (nSPS) is 11.4. The maximum absolute atomic E-state index is 6.32. The molecule has 0 saturated carbocycles. The maximum atomic E-state index is 6.32. The van der Waals surface area contributed by atoms with Gasteiger partial charge in [0.2, 0.25) is 11.8 Å². The zero-order valence-electron chi connectivity index (χ0n) is 24.3. The Hall–Kier alpha value is -5.54. The lowest BCUT2D eigenvalue weighted by molar-refractivity contribution is 0.242. The van der Waals surface area contributed by atoms with Crippen LogP contribution in [0.5, 0.6) is 11.5 Å². The first-order chi connectivity index (χ1) is 21.7. The highest BCUT2D eigenvalue weighted by molar-refractivity contribution is 5.84. The second-order valence-electron chi connectivity index (χ2n) is 10.3. The topological polar surface area (TPSA) is 99.5 Å². The minimum atomic E-state index is 0.424. The molecule has 0 aliphatic heterocycles. The number of fused-ring (bicyclic) bond motifs is 2. The summed E-state index contributed by atoms with van der Waals surface area (Å²) < 4.78 is 23.9. The third-order valence-corrected chi connectivity index (χ3v) is 7.40. The largest absolute Gasteiger partial charge is 0.496 e. The highest BCUT2D eigenvalue weighted by Gasteiger charge is 2.22. The molecule has 0 bridgehead atoms. The zero-order valence-corrected chi connectivity index (χ0v) is 24.3. The van der Waals surface area contributed by atoms with E-state index in [2.05, 4.69) is 25.9 Å². The minimum Gasteiger partial charge on any atom is -0.496 e. The first-order valence-corrected chi connectivity index (χ1v) is 14.2. The predicted octanol–water partition coefficient (Wildman–Crippen LogP) is 7.31. The smallest absolute Gasteiger partial charge is 0.231 e. The van der Waals surface area contributed by atoms with Crippen LogP contribution in [0.25, 0.3) is 45.1 Å². The SMILES string of the molecule is COc1cc(-c2nc3c(CN(Cc4ccccn4)Cc4ccccn4)cccc3o2)c(OC)cc1-c1nc2ccccc2o1. The molecule has 0 N–H and O–H groups in total. The van der Waals surface area contributed by atoms with Crippen molar-refractivity contribution in [2.45, 2.75) is 19.6 Å². The van der Waals surface area contributed by atoms with Crippen LogP contribution in [0.1, 0.15) is 17.0 Å². The van der Waals surface area contributed by atoms with Gasteiger partial charge in [-0.05, 0) is 60.2 Å². The van der Waals surface area contributed by atoms with Gasteiger partial charge in [0.05, 0.1) is 36.7 Å². The lowest BCUT2D eigenvalue weighted by Gasteiger charge is -2.22. The van der Waals surface area contributed by atoms with Crippen molar-refractivity contribution in [2.24, 2.45) is 0 Å². The van der Waals surface area contributed by atoms with Crippen LogP contribution >= 0.6 is 0 Å². The molecule has 9 heteroatoms. The Morgan fingerprint density at radius 1 is 0.614 bits per heavy atom. The summed E-state index contributed by atoms with van der Waals surface area (Å²) in [5.41, 5.74) is 7.22. The van der Waals surface area contributed by atoms with Crippen molar-refractivity contribution in [1.29, 1.82) is 0 Å². The lowest BCUT2D eigenvalue weighted by Crippen LogP contribution is -2.23. The van der Waals surface area contributed by atoms with Crippen LogP contribution in [-0.2, 0) is 19.6 Å². The van der Waals surface area contributed by atoms with E-state index in [1.807, 2.05) is 97.3 Å². The summed E-state index contributed by atoms with van der Waals surface area (Å²) in [4.78, 5) is 21.0. The number of oxazole rings is 2. The molecule has 0 radical (unpaired) electrons. The Kier molecular flexibility index (Phi) is 7.44. The van der Waals surface area contributed by atoms with Gasteiger partial charge in [-0.25, -0.2) is 9.97 Å². The van der Waals surface area contributed by atoms with Gasteiger partial charge in [-0.1, -0.05) is 36.4 Å². The van der Waals surface area contributed by atoms with Gasteiger partial charge < -0.3 is 18.3 Å². The summed E-state index contributed by atoms with van der Waals surface area (Å²) in [6.45, 7) is 1.93. The first-order valence-electron chi connectivity index (χ1n) is 14.2. The van der Waals surface area contributed by atoms with Crippen LogP contribution in [0.3, 0.4) is 0 Å². The van der Waals surface area contributed by atoms with Crippen LogP contribution in [0.2, 0.25) is 0 Å². The van der Waals surface area contributed by atoms with Crippen molar-refractivity contribution in [1.82, 2.24) is 24.8 Å². The molecule has 7 rings (SSSR count). The van der Waals surface area contributed by atoms with Crippen molar-refractivity contribution in [3.05, 3.63) is 120 Å². The number of methoxy groups -OCH3 is 2. The molecule has 9 nitrogen and oxygen atoms in total. The van der Waals surface area contributed by atoms with Crippen LogP contribution < -0.4 is 9.47 Å². The maximum Gasteiger partial charge on any atom is 0.231 e. The molecule has 0 saturated heterocycles. The Bertz CT molecular complexity index is 1960. The molecule has 0 aliphatic rings. The van der Waals surface area contributed by atoms with Gasteiger partial charge >= 0.3 is 0 Å². The van der Waals surface area contributed by atoms with Crippen molar-refractivity contribution in [2.75, 3.05) is 14.2 Å². The number of hydrogen-bond acceptors (Lipinski definition) is 9. The number of aromatic nitrogens is 4. The van der Waals surface area contributed by atoms with Crippen LogP contribution in [0.15, 0.2) is 112 Å². The standard InChI is InChI=1S/C35H29N5O4/c1-41-31-19-27(32(42-2)18-26(31)34-38-28-13-3-4-14-29(28)43-34)35-39-33-23(10-9-15-30(33)44-35)20-40(21-24-11-5-7-16-36-24)22-25-12-6-8-17-37-25/h3-19H,20-22H2,1-2H3. The average Bonchev–Trinajstić information content (AvgIpc) is 3.70. The number of ether oxygens (including phenoxy) is 2. The Morgan fingerprint density at radius 3 is 1.82 bits per heavy atom. The fraction of sp³-hybridized carbons (Fsp3) is 0.143. The third-order valence-electron chi connectivity index (χ3n) is 7.40. The van der Waals surface area contributed by atoms with E-state index in [0.29, 0.717) is 65.2 Å². The van der Waals surface area contributed by atoms with Crippen LogP contribution in [-0.4, -0.2) is 39.1 Å². The number of rotatable bonds is 10. The minimum absolute atomic E-state index is 0.424. The molecule has 0 fully saturated rings. The fourth-order valence-corrected chi connectivity index (χ4v) is 5.32. The molecule has 0 atom stereocenters. The monoisotopic (exact) mass is 583 g/mol. The summed E-state index contributed by atoms with van der Waals surface area (Å²) in [5, 5.41) is 0. The molecule has 0 unspecified atom stereocenters. The van der Waals surface area contributed by atoms with Gasteiger partial charge in [-0.15, -0.1) is 0 Å². The molecule has 0 amide bonds. The Balaban J connectivity index is 1.25. The molecular weight excluding hydrogens is 554 g/mol. The molecule has 3 aromatic carbocycles. The molecule has 4 heterocycles. The van der Waals surface area contributed by atoms with Crippen LogP contribution in [0, 0.1) is 0 Å². The van der Waals surface area contributed by atoms with E-state index in [1.165, 1.54) is 0 Å². The van der Waals surface area contributed by atoms with E-state index in [0.717, 1.165) is 28.0 Å². The zero-order chi connectivity index (χ0) is 29.9. The van der Waals surface area contributed by atoms with Crippen LogP contribution in [0.4, 0.5) is 0 Å². The van der Waals surface area contributed by atoms with Gasteiger partial charge in [0.25, 0.3) is 0 Å². The second kappa shape index (κ2) is 12.0. The van der Waals surface area contributed by atoms with E-state index in [4.69, 9.17) is 23.3 Å². The Labute approximate surface area is 253 Å². The lowest BCUT2D eigenvalue weighted by atomic mass is 10.1. The van der Waals surface area contributed by atoms with Gasteiger partial charge in [0, 0.05) is 32.0 Å². The number of hydrogen-bond donors (Lipinski definition) is 0. The second-order valence-corrected chi connectivity index (χ2v) is 10.3. The highest BCUT2D eigenvalue weighted by Crippen LogP contribution is 2.42. The highest BCUT2D eigenvalue weighted by atomic mass is 16.5. The van der Waals surface area contributed by atoms with E-state index >= 15 is 0 Å². The van der Waals surface area contributed by atoms with E-state index < -0.39 is 0 Å². The molecule has 44 heavy (non-hydrogen) atoms. The third kappa shape index (κ3) is 5.48. The molecule has 0 spiro atoms. The Morgan fingerprint density at radius 2 is 1.20 bits per heavy atom. The van der Waals surface area contributed by atoms with Crippen molar-refractivity contribution in [3.63, 3.8) is 0 Å². The van der Waals surface area contributed by atoms with E-state index in [-0.39, 0.29) is 0 Å². The number of benzene rings is 3. The van der Waals surface area contributed by atoms with Gasteiger partial charge in [-0.3, -0.25) is 14.9 Å². The average molecular weight is 584 g/mol. The number of pyridine rings is 2. The molecular formula is C35H29N5O4. The molecule has 7 aromatic rings. The molecule has 0 aliphatic carbocycles. The number of para-hydroxylation sites is 3. The van der Waals surface area contributed by atoms with Crippen molar-refractivity contribution in [3.8, 4) is 34.4 Å². The summed E-state index contributed by atoms with van der Waals surface area (Å²) in [6.07, 6.45) is 3.63. The van der Waals surface area contributed by atoms with Gasteiger partial charge in [0.15, 0.2) is 11.2 Å². The molecule has 4 aromatic heterocycles. The van der Waals surface area contributed by atoms with Crippen molar-refractivity contribution < 1.29 is 18.3 Å². The van der Waals surface area contributed by atoms with Gasteiger partial charge in [-0.2, -0.15) is 0 Å². The summed E-state index contributed by atoms with van der Waals surface area (Å²) in [5.74, 6) is 1.98. The predicted molar refractivity (Wildman–Crippen MR) is 167 cm³/mol. The fourth-order valence-electron chi connectivity index (χ4n) is 5.32. The quantitative estimate of drug-likeness (QED) is 0.164. The summed E-state index contributed by atoms with van der Waals surface area (Å²) in [6, 6.07) is 29.2.